The maximum absolute atomic E-state index is 11.2. The zero-order valence-electron chi connectivity index (χ0n) is 47.5. The summed E-state index contributed by atoms with van der Waals surface area (Å²) in [4.78, 5) is 0. The summed E-state index contributed by atoms with van der Waals surface area (Å²) in [5.41, 5.74) is 0. The van der Waals surface area contributed by atoms with Gasteiger partial charge in [0.05, 0.1) is 26.4 Å². The van der Waals surface area contributed by atoms with Gasteiger partial charge in [-0.2, -0.15) is 0 Å². The van der Waals surface area contributed by atoms with E-state index in [4.69, 9.17) is 28.4 Å². The summed E-state index contributed by atoms with van der Waals surface area (Å²) in [7, 11) is -5.20. The van der Waals surface area contributed by atoms with E-state index in [0.29, 0.717) is 31.0 Å². The Hall–Kier alpha value is 0.390. The number of aliphatic hydroxyl groups excluding tert-OH is 6. The van der Waals surface area contributed by atoms with E-state index in [1.165, 1.54) is 103 Å². The van der Waals surface area contributed by atoms with Crippen LogP contribution in [-0.2, 0) is 43.0 Å². The van der Waals surface area contributed by atoms with Gasteiger partial charge in [0.2, 0.25) is 10.4 Å². The third kappa shape index (κ3) is 31.7. The van der Waals surface area contributed by atoms with Crippen molar-refractivity contribution in [3.05, 3.63) is 0 Å². The summed E-state index contributed by atoms with van der Waals surface area (Å²) in [6, 6.07) is 0. The number of ether oxygens (including phenoxy) is 6. The molecule has 0 aromatic carbocycles. The van der Waals surface area contributed by atoms with Crippen LogP contribution in [0.2, 0.25) is 0 Å². The predicted octanol–water partition coefficient (Wildman–Crippen LogP) is 5.45. The summed E-state index contributed by atoms with van der Waals surface area (Å²) < 4.78 is 72.7. The van der Waals surface area contributed by atoms with Crippen LogP contribution in [0.15, 0.2) is 0 Å². The maximum atomic E-state index is 11.2. The molecule has 2 saturated heterocycles. The van der Waals surface area contributed by atoms with Crippen molar-refractivity contribution in [1.29, 1.82) is 0 Å². The smallest absolute Gasteiger partial charge is 0.726 e. The van der Waals surface area contributed by atoms with Gasteiger partial charge in [-0.15, -0.1) is 0 Å². The SMILES string of the molecule is CC(C)CCCC(C)CCCC(C)CCCC(C)CCOCC(CO[C@@H]1OC(CO)[C@@H](O[C@@H]2OC(COS(=O)(=O)[O-])[C@H](O)[C@H](O)C2O)[C@H](O)C1O)OCCC(C)CCCC(C)CCCC(C)CCCC(C)C.[Na+]. The van der Waals surface area contributed by atoms with E-state index in [9.17, 15) is 43.6 Å². The molecule has 2 heterocycles. The molecule has 0 aliphatic carbocycles. The van der Waals surface area contributed by atoms with E-state index in [-0.39, 0.29) is 42.8 Å². The first-order chi connectivity index (χ1) is 34.0. The quantitative estimate of drug-likeness (QED) is 0.0193. The van der Waals surface area contributed by atoms with Crippen molar-refractivity contribution in [2.75, 3.05) is 39.6 Å². The molecule has 430 valence electrons. The monoisotopic (exact) mass is 1080 g/mol. The molecule has 18 heteroatoms. The molecule has 11 unspecified atom stereocenters. The van der Waals surface area contributed by atoms with Gasteiger partial charge in [0.25, 0.3) is 0 Å². The Morgan fingerprint density at radius 1 is 0.493 bits per heavy atom. The molecule has 0 amide bonds. The van der Waals surface area contributed by atoms with Crippen molar-refractivity contribution in [2.45, 2.75) is 265 Å². The molecule has 2 aliphatic rings. The van der Waals surface area contributed by atoms with Crippen molar-refractivity contribution in [2.24, 2.45) is 47.3 Å². The fourth-order valence-corrected chi connectivity index (χ4v) is 10.3. The predicted molar refractivity (Wildman–Crippen MR) is 278 cm³/mol. The number of hydrogen-bond donors (Lipinski definition) is 6. The van der Waals surface area contributed by atoms with Gasteiger partial charge >= 0.3 is 29.6 Å². The fraction of sp³-hybridized carbons (Fsp3) is 1.00. The standard InChI is InChI=1S/C55H108O16S.Na/c1-37(2)17-11-19-39(5)21-13-23-41(7)25-15-27-43(9)29-31-65-34-45(66-32-30-44(10)28-16-26-42(8)24-14-22-40(6)20-12-18-38(3)4)35-67-54-52(61)50(59)53(46(33-56)69-54)71-55-51(60)49(58)48(57)47(70-55)36-68-72(62,63)64;/h37-61H,11-36H2,1-10H3,(H,62,63,64);/q;+1/p-1/t39?,40?,41?,42?,43?,44?,45?,46?,47?,48-,49-,50+,51?,52?,53+,54+,55-;/m0./s1. The Balaban J connectivity index is 0.0000266. The molecule has 0 bridgehead atoms. The molecule has 0 aromatic heterocycles. The molecule has 6 N–H and O–H groups in total. The molecule has 2 aliphatic heterocycles. The third-order valence-electron chi connectivity index (χ3n) is 15.2. The van der Waals surface area contributed by atoms with Crippen molar-refractivity contribution < 1.29 is 106 Å². The van der Waals surface area contributed by atoms with Crippen LogP contribution in [-0.4, -0.2) is 151 Å². The Kier molecular flexibility index (Phi) is 38.8. The minimum atomic E-state index is -5.20. The first-order valence-electron chi connectivity index (χ1n) is 28.4. The molecule has 0 saturated carbocycles. The topological polar surface area (TPSA) is 243 Å². The van der Waals surface area contributed by atoms with Gasteiger partial charge in [0, 0.05) is 13.2 Å². The van der Waals surface area contributed by atoms with Gasteiger partial charge in [0.1, 0.15) is 54.9 Å². The molecule has 2 rings (SSSR count). The number of hydrogen-bond acceptors (Lipinski definition) is 16. The number of aliphatic hydroxyl groups is 6. The van der Waals surface area contributed by atoms with Crippen LogP contribution in [0.5, 0.6) is 0 Å². The van der Waals surface area contributed by atoms with Crippen molar-refractivity contribution in [3.63, 3.8) is 0 Å². The van der Waals surface area contributed by atoms with Crippen LogP contribution in [0.25, 0.3) is 0 Å². The van der Waals surface area contributed by atoms with E-state index in [1.807, 2.05) is 0 Å². The summed E-state index contributed by atoms with van der Waals surface area (Å²) in [6.45, 7) is 22.7. The van der Waals surface area contributed by atoms with E-state index < -0.39 is 91.1 Å². The second-order valence-electron chi connectivity index (χ2n) is 23.5. The molecular weight excluding hydrogens is 972 g/mol. The van der Waals surface area contributed by atoms with Crippen LogP contribution in [0, 0.1) is 47.3 Å². The molecule has 73 heavy (non-hydrogen) atoms. The Bertz CT molecular complexity index is 1450. The second kappa shape index (κ2) is 39.7. The van der Waals surface area contributed by atoms with Crippen LogP contribution >= 0.6 is 0 Å². The van der Waals surface area contributed by atoms with Gasteiger partial charge in [-0.25, -0.2) is 8.42 Å². The minimum Gasteiger partial charge on any atom is -0.726 e. The third-order valence-corrected chi connectivity index (χ3v) is 15.6. The molecule has 0 aromatic rings. The molecule has 16 nitrogen and oxygen atoms in total. The zero-order valence-corrected chi connectivity index (χ0v) is 50.3. The molecule has 2 fully saturated rings. The molecule has 0 spiro atoms. The Morgan fingerprint density at radius 3 is 1.32 bits per heavy atom. The average Bonchev–Trinajstić information content (AvgIpc) is 3.30. The van der Waals surface area contributed by atoms with Crippen LogP contribution in [0.1, 0.15) is 198 Å². The number of rotatable bonds is 42. The van der Waals surface area contributed by atoms with Crippen molar-refractivity contribution >= 4 is 10.4 Å². The van der Waals surface area contributed by atoms with Crippen LogP contribution in [0.3, 0.4) is 0 Å². The van der Waals surface area contributed by atoms with E-state index >= 15 is 0 Å². The first-order valence-corrected chi connectivity index (χ1v) is 29.7. The van der Waals surface area contributed by atoms with Gasteiger partial charge in [-0.3, -0.25) is 4.18 Å². The average molecular weight is 1080 g/mol. The molecule has 17 atom stereocenters. The van der Waals surface area contributed by atoms with Gasteiger partial charge < -0.3 is 63.6 Å². The molecular formula is C55H107NaO16S. The summed E-state index contributed by atoms with van der Waals surface area (Å²) in [6.07, 6.45) is 6.96. The van der Waals surface area contributed by atoms with E-state index in [2.05, 4.69) is 73.4 Å². The fourth-order valence-electron chi connectivity index (χ4n) is 9.99. The normalized spacial score (nSPS) is 27.9. The first kappa shape index (κ1) is 71.4. The van der Waals surface area contributed by atoms with Gasteiger partial charge in [-0.1, -0.05) is 185 Å². The Morgan fingerprint density at radius 2 is 0.890 bits per heavy atom. The molecule has 0 radical (unpaired) electrons. The summed E-state index contributed by atoms with van der Waals surface area (Å²) in [5, 5.41) is 64.0. The van der Waals surface area contributed by atoms with Crippen LogP contribution in [0.4, 0.5) is 0 Å². The zero-order chi connectivity index (χ0) is 53.8. The summed E-state index contributed by atoms with van der Waals surface area (Å²) >= 11 is 0. The van der Waals surface area contributed by atoms with E-state index in [1.54, 1.807) is 0 Å². The largest absolute Gasteiger partial charge is 1.00 e. The van der Waals surface area contributed by atoms with Crippen molar-refractivity contribution in [1.82, 2.24) is 0 Å². The van der Waals surface area contributed by atoms with E-state index in [0.717, 1.165) is 55.3 Å². The van der Waals surface area contributed by atoms with Crippen LogP contribution < -0.4 is 29.6 Å². The summed E-state index contributed by atoms with van der Waals surface area (Å²) in [5.74, 6) is 5.55. The van der Waals surface area contributed by atoms with Gasteiger partial charge in [0.15, 0.2) is 12.6 Å². The second-order valence-corrected chi connectivity index (χ2v) is 24.5. The van der Waals surface area contributed by atoms with Crippen molar-refractivity contribution in [3.8, 4) is 0 Å². The Labute approximate surface area is 465 Å². The van der Waals surface area contributed by atoms with Gasteiger partial charge in [-0.05, 0) is 60.2 Å². The maximum Gasteiger partial charge on any atom is 1.00 e. The minimum absolute atomic E-state index is 0.